The van der Waals surface area contributed by atoms with Crippen LogP contribution in [0.4, 0.5) is 0 Å². The Kier molecular flexibility index (Phi) is 3.85. The summed E-state index contributed by atoms with van der Waals surface area (Å²) >= 11 is 0. The second kappa shape index (κ2) is 5.00. The highest BCUT2D eigenvalue weighted by Gasteiger charge is 2.41. The molecule has 2 saturated heterocycles. The number of likely N-dealkylation sites (tertiary alicyclic amines) is 2. The first kappa shape index (κ1) is 12.3. The number of hydrogen-bond acceptors (Lipinski definition) is 4. The molecule has 2 heterocycles. The monoisotopic (exact) mass is 227 g/mol. The molecule has 0 spiro atoms. The Hall–Kier alpha value is -0.160. The van der Waals surface area contributed by atoms with Crippen molar-refractivity contribution in [3.8, 4) is 0 Å². The third-order valence-electron chi connectivity index (χ3n) is 4.35. The largest absolute Gasteiger partial charge is 0.381 e. The highest BCUT2D eigenvalue weighted by atomic mass is 16.5. The molecular formula is C12H25N3O. The summed E-state index contributed by atoms with van der Waals surface area (Å²) in [6, 6.07) is 0. The van der Waals surface area contributed by atoms with Crippen molar-refractivity contribution in [1.82, 2.24) is 9.80 Å². The summed E-state index contributed by atoms with van der Waals surface area (Å²) in [6.07, 6.45) is 3.99. The second-order valence-corrected chi connectivity index (χ2v) is 5.34. The molecule has 2 aliphatic rings. The maximum atomic E-state index is 6.03. The van der Waals surface area contributed by atoms with Gasteiger partial charge in [-0.15, -0.1) is 0 Å². The first-order valence-electron chi connectivity index (χ1n) is 6.37. The van der Waals surface area contributed by atoms with Crippen LogP contribution in [0.5, 0.6) is 0 Å². The Morgan fingerprint density at radius 2 is 2.00 bits per heavy atom. The van der Waals surface area contributed by atoms with Crippen LogP contribution in [-0.2, 0) is 4.74 Å². The Labute approximate surface area is 98.7 Å². The lowest BCUT2D eigenvalue weighted by molar-refractivity contribution is 0.00143. The molecule has 1 unspecified atom stereocenters. The third kappa shape index (κ3) is 2.25. The predicted molar refractivity (Wildman–Crippen MR) is 65.5 cm³/mol. The standard InChI is InChI=1S/C12H25N3O/c1-14-8-5-12(9-13,10-14)15-6-3-11(16-2)4-7-15/h11H,3-10,13H2,1-2H3. The van der Waals surface area contributed by atoms with Crippen LogP contribution in [-0.4, -0.2) is 68.3 Å². The quantitative estimate of drug-likeness (QED) is 0.744. The van der Waals surface area contributed by atoms with Gasteiger partial charge in [0.2, 0.25) is 0 Å². The second-order valence-electron chi connectivity index (χ2n) is 5.34. The number of ether oxygens (including phenoxy) is 1. The van der Waals surface area contributed by atoms with Crippen LogP contribution in [0.3, 0.4) is 0 Å². The molecule has 2 rings (SSSR count). The first-order chi connectivity index (χ1) is 7.70. The van der Waals surface area contributed by atoms with Crippen LogP contribution >= 0.6 is 0 Å². The third-order valence-corrected chi connectivity index (χ3v) is 4.35. The smallest absolute Gasteiger partial charge is 0.0595 e. The molecule has 2 aliphatic heterocycles. The van der Waals surface area contributed by atoms with Gasteiger partial charge in [-0.3, -0.25) is 4.90 Å². The molecule has 16 heavy (non-hydrogen) atoms. The SMILES string of the molecule is COC1CCN(C2(CN)CCN(C)C2)CC1. The van der Waals surface area contributed by atoms with Crippen LogP contribution < -0.4 is 5.73 Å². The fourth-order valence-corrected chi connectivity index (χ4v) is 3.18. The summed E-state index contributed by atoms with van der Waals surface area (Å²) in [6.45, 7) is 5.38. The van der Waals surface area contributed by atoms with E-state index in [1.54, 1.807) is 0 Å². The van der Waals surface area contributed by atoms with Gasteiger partial charge < -0.3 is 15.4 Å². The van der Waals surface area contributed by atoms with Gasteiger partial charge in [0.25, 0.3) is 0 Å². The molecule has 2 fully saturated rings. The van der Waals surface area contributed by atoms with E-state index in [1.165, 1.54) is 13.0 Å². The zero-order valence-electron chi connectivity index (χ0n) is 10.6. The van der Waals surface area contributed by atoms with Crippen LogP contribution in [0.25, 0.3) is 0 Å². The maximum absolute atomic E-state index is 6.03. The highest BCUT2D eigenvalue weighted by molar-refractivity contribution is 5.00. The molecule has 0 amide bonds. The van der Waals surface area contributed by atoms with Crippen molar-refractivity contribution < 1.29 is 4.74 Å². The van der Waals surface area contributed by atoms with Crippen molar-refractivity contribution in [2.75, 3.05) is 46.9 Å². The molecule has 0 saturated carbocycles. The molecule has 4 heteroatoms. The van der Waals surface area contributed by atoms with E-state index in [2.05, 4.69) is 16.8 Å². The summed E-state index contributed by atoms with van der Waals surface area (Å²) in [5.74, 6) is 0. The molecule has 2 N–H and O–H groups in total. The average Bonchev–Trinajstić information content (AvgIpc) is 2.72. The lowest BCUT2D eigenvalue weighted by atomic mass is 9.92. The number of hydrogen-bond donors (Lipinski definition) is 1. The van der Waals surface area contributed by atoms with Gasteiger partial charge in [0.15, 0.2) is 0 Å². The Morgan fingerprint density at radius 3 is 2.44 bits per heavy atom. The van der Waals surface area contributed by atoms with Gasteiger partial charge in [-0.2, -0.15) is 0 Å². The van der Waals surface area contributed by atoms with Crippen LogP contribution in [0.15, 0.2) is 0 Å². The molecule has 0 aliphatic carbocycles. The van der Waals surface area contributed by atoms with Crippen molar-refractivity contribution in [2.24, 2.45) is 5.73 Å². The van der Waals surface area contributed by atoms with Crippen LogP contribution in [0, 0.1) is 0 Å². The van der Waals surface area contributed by atoms with Gasteiger partial charge in [-0.25, -0.2) is 0 Å². The summed E-state index contributed by atoms with van der Waals surface area (Å²) < 4.78 is 5.42. The van der Waals surface area contributed by atoms with E-state index in [-0.39, 0.29) is 5.54 Å². The zero-order valence-corrected chi connectivity index (χ0v) is 10.6. The molecule has 0 aromatic carbocycles. The van der Waals surface area contributed by atoms with Gasteiger partial charge in [-0.05, 0) is 32.9 Å². The number of methoxy groups -OCH3 is 1. The molecule has 94 valence electrons. The van der Waals surface area contributed by atoms with Gasteiger partial charge in [0.1, 0.15) is 0 Å². The number of rotatable bonds is 3. The fraction of sp³-hybridized carbons (Fsp3) is 1.00. The topological polar surface area (TPSA) is 41.7 Å². The molecular weight excluding hydrogens is 202 g/mol. The lowest BCUT2D eigenvalue weighted by Crippen LogP contribution is -2.58. The molecule has 4 nitrogen and oxygen atoms in total. The molecule has 1 atom stereocenters. The molecule has 0 bridgehead atoms. The first-order valence-corrected chi connectivity index (χ1v) is 6.37. The summed E-state index contributed by atoms with van der Waals surface area (Å²) in [5.41, 5.74) is 6.27. The van der Waals surface area contributed by atoms with Crippen molar-refractivity contribution in [3.63, 3.8) is 0 Å². The van der Waals surface area contributed by atoms with E-state index >= 15 is 0 Å². The van der Waals surface area contributed by atoms with Gasteiger partial charge >= 0.3 is 0 Å². The molecule has 0 radical (unpaired) electrons. The number of piperidine rings is 1. The number of nitrogens with two attached hydrogens (primary N) is 1. The lowest BCUT2D eigenvalue weighted by Gasteiger charge is -2.44. The van der Waals surface area contributed by atoms with E-state index in [9.17, 15) is 0 Å². The minimum Gasteiger partial charge on any atom is -0.381 e. The van der Waals surface area contributed by atoms with Crippen LogP contribution in [0.1, 0.15) is 19.3 Å². The van der Waals surface area contributed by atoms with E-state index in [0.29, 0.717) is 6.10 Å². The minimum absolute atomic E-state index is 0.244. The highest BCUT2D eigenvalue weighted by Crippen LogP contribution is 2.29. The van der Waals surface area contributed by atoms with Gasteiger partial charge in [0, 0.05) is 38.8 Å². The fourth-order valence-electron chi connectivity index (χ4n) is 3.18. The Balaban J connectivity index is 1.96. The Morgan fingerprint density at radius 1 is 1.31 bits per heavy atom. The zero-order chi connectivity index (χ0) is 11.6. The van der Waals surface area contributed by atoms with E-state index < -0.39 is 0 Å². The minimum atomic E-state index is 0.244. The normalized spacial score (nSPS) is 34.7. The van der Waals surface area contributed by atoms with Crippen molar-refractivity contribution in [2.45, 2.75) is 30.9 Å². The maximum Gasteiger partial charge on any atom is 0.0595 e. The summed E-state index contributed by atoms with van der Waals surface area (Å²) in [7, 11) is 4.02. The summed E-state index contributed by atoms with van der Waals surface area (Å²) in [5, 5.41) is 0. The van der Waals surface area contributed by atoms with Crippen molar-refractivity contribution >= 4 is 0 Å². The van der Waals surface area contributed by atoms with Gasteiger partial charge in [-0.1, -0.05) is 0 Å². The number of likely N-dealkylation sites (N-methyl/N-ethyl adjacent to an activating group) is 1. The predicted octanol–water partition coefficient (Wildman–Crippen LogP) is 0.130. The van der Waals surface area contributed by atoms with Crippen molar-refractivity contribution in [1.29, 1.82) is 0 Å². The van der Waals surface area contributed by atoms with Crippen LogP contribution in [0.2, 0.25) is 0 Å². The number of nitrogens with zero attached hydrogens (tertiary/aromatic N) is 2. The molecule has 0 aromatic rings. The van der Waals surface area contributed by atoms with E-state index in [1.807, 2.05) is 7.11 Å². The van der Waals surface area contributed by atoms with Crippen molar-refractivity contribution in [3.05, 3.63) is 0 Å². The van der Waals surface area contributed by atoms with E-state index in [0.717, 1.165) is 39.0 Å². The van der Waals surface area contributed by atoms with E-state index in [4.69, 9.17) is 10.5 Å². The summed E-state index contributed by atoms with van der Waals surface area (Å²) in [4.78, 5) is 5.00. The average molecular weight is 227 g/mol. The molecule has 0 aromatic heterocycles. The van der Waals surface area contributed by atoms with Gasteiger partial charge in [0.05, 0.1) is 6.10 Å². The Bertz CT molecular complexity index is 228.